The molecule has 6 nitrogen and oxygen atoms in total. The molecule has 0 aliphatic carbocycles. The molecule has 2 fully saturated rings. The number of esters is 1. The Hall–Kier alpha value is -1.58. The first kappa shape index (κ1) is 27.7. The molecular formula is C27H46N2O4. The van der Waals surface area contributed by atoms with E-state index in [1.165, 1.54) is 38.5 Å². The van der Waals surface area contributed by atoms with Crippen LogP contribution in [0.5, 0.6) is 0 Å². The van der Waals surface area contributed by atoms with Crippen LogP contribution in [-0.4, -0.2) is 59.2 Å². The topological polar surface area (TPSA) is 69.7 Å². The lowest BCUT2D eigenvalue weighted by Crippen LogP contribution is -2.62. The van der Waals surface area contributed by atoms with Crippen molar-refractivity contribution in [1.82, 2.24) is 4.90 Å². The Bertz CT molecular complexity index is 647. The van der Waals surface area contributed by atoms with Crippen molar-refractivity contribution in [2.75, 3.05) is 19.6 Å². The summed E-state index contributed by atoms with van der Waals surface area (Å²) in [7, 11) is 0. The van der Waals surface area contributed by atoms with E-state index in [0.717, 1.165) is 38.5 Å². The zero-order chi connectivity index (χ0) is 24.1. The molecule has 0 aromatic carbocycles. The third-order valence-corrected chi connectivity index (χ3v) is 7.43. The molecule has 3 unspecified atom stereocenters. The van der Waals surface area contributed by atoms with Gasteiger partial charge in [-0.2, -0.15) is 0 Å². The van der Waals surface area contributed by atoms with Crippen LogP contribution in [0.1, 0.15) is 110 Å². The first-order chi connectivity index (χ1) is 15.9. The molecule has 0 aromatic rings. The summed E-state index contributed by atoms with van der Waals surface area (Å²) in [6.07, 6.45) is 20.0. The second-order valence-electron chi connectivity index (χ2n) is 10.1. The molecule has 188 valence electrons. The summed E-state index contributed by atoms with van der Waals surface area (Å²) in [5.41, 5.74) is 0. The van der Waals surface area contributed by atoms with Crippen molar-refractivity contribution in [3.8, 4) is 12.3 Å². The fraction of sp³-hybridized carbons (Fsp3) is 0.852. The molecule has 33 heavy (non-hydrogen) atoms. The Morgan fingerprint density at radius 2 is 1.82 bits per heavy atom. The van der Waals surface area contributed by atoms with E-state index in [1.54, 1.807) is 4.90 Å². The molecular weight excluding hydrogens is 416 g/mol. The van der Waals surface area contributed by atoms with Crippen LogP contribution in [-0.2, 0) is 14.3 Å². The minimum absolute atomic E-state index is 0.0765. The average molecular weight is 463 g/mol. The number of terminal acetylenes is 1. The Morgan fingerprint density at radius 3 is 2.42 bits per heavy atom. The Balaban J connectivity index is 1.84. The highest BCUT2D eigenvalue weighted by molar-refractivity contribution is 5.78. The Morgan fingerprint density at radius 1 is 1.15 bits per heavy atom. The molecule has 1 amide bonds. The number of amides is 1. The third-order valence-electron chi connectivity index (χ3n) is 7.43. The first-order valence-electron chi connectivity index (χ1n) is 13.4. The van der Waals surface area contributed by atoms with Crippen LogP contribution in [0.25, 0.3) is 0 Å². The van der Waals surface area contributed by atoms with Gasteiger partial charge in [0, 0.05) is 25.8 Å². The van der Waals surface area contributed by atoms with Crippen molar-refractivity contribution in [1.29, 1.82) is 0 Å². The molecule has 0 N–H and O–H groups in total. The average Bonchev–Trinajstić information content (AvgIpc) is 3.18. The molecule has 4 atom stereocenters. The quantitative estimate of drug-likeness (QED) is 0.108. The SMILES string of the molecule is C#CC1CCC[C@H](C)[N+]1([O-])CC(CN1CCCC1=O)OC(=O)CCCCCCCCCCC. The Labute approximate surface area is 201 Å². The highest BCUT2D eigenvalue weighted by atomic mass is 16.6. The lowest BCUT2D eigenvalue weighted by atomic mass is 9.95. The van der Waals surface area contributed by atoms with E-state index in [-0.39, 0.29) is 24.5 Å². The molecule has 2 aliphatic rings. The number of nitrogens with zero attached hydrogens (tertiary/aromatic N) is 2. The summed E-state index contributed by atoms with van der Waals surface area (Å²) in [6, 6.07) is -0.547. The number of hydrogen-bond acceptors (Lipinski definition) is 4. The second-order valence-corrected chi connectivity index (χ2v) is 10.1. The number of hydrogen-bond donors (Lipinski definition) is 0. The summed E-state index contributed by atoms with van der Waals surface area (Å²) in [5, 5.41) is 13.8. The lowest BCUT2D eigenvalue weighted by Gasteiger charge is -2.54. The molecule has 0 spiro atoms. The van der Waals surface area contributed by atoms with Crippen LogP contribution in [0, 0.1) is 17.6 Å². The summed E-state index contributed by atoms with van der Waals surface area (Å²) >= 11 is 0. The predicted molar refractivity (Wildman–Crippen MR) is 132 cm³/mol. The highest BCUT2D eigenvalue weighted by Crippen LogP contribution is 2.31. The molecule has 6 heteroatoms. The summed E-state index contributed by atoms with van der Waals surface area (Å²) in [6.45, 7) is 5.26. The second kappa shape index (κ2) is 14.6. The van der Waals surface area contributed by atoms with Crippen molar-refractivity contribution in [3.63, 3.8) is 0 Å². The van der Waals surface area contributed by atoms with Gasteiger partial charge < -0.3 is 19.5 Å². The van der Waals surface area contributed by atoms with Gasteiger partial charge in [0.05, 0.1) is 12.6 Å². The fourth-order valence-electron chi connectivity index (χ4n) is 5.29. The van der Waals surface area contributed by atoms with E-state index in [4.69, 9.17) is 11.2 Å². The van der Waals surface area contributed by atoms with Gasteiger partial charge >= 0.3 is 5.97 Å². The van der Waals surface area contributed by atoms with E-state index in [1.807, 2.05) is 6.92 Å². The van der Waals surface area contributed by atoms with Gasteiger partial charge in [0.15, 0.2) is 12.1 Å². The highest BCUT2D eigenvalue weighted by Gasteiger charge is 2.40. The summed E-state index contributed by atoms with van der Waals surface area (Å²) in [5.74, 6) is 2.51. The van der Waals surface area contributed by atoms with Gasteiger partial charge in [0.1, 0.15) is 6.54 Å². The van der Waals surface area contributed by atoms with E-state index in [0.29, 0.717) is 32.4 Å². The number of likely N-dealkylation sites (tertiary alicyclic amines) is 2. The van der Waals surface area contributed by atoms with Gasteiger partial charge in [0.2, 0.25) is 5.91 Å². The number of quaternary nitrogens is 1. The molecule has 2 aliphatic heterocycles. The third kappa shape index (κ3) is 8.94. The number of hydroxylamine groups is 3. The number of rotatable bonds is 15. The fourth-order valence-corrected chi connectivity index (χ4v) is 5.29. The minimum Gasteiger partial charge on any atom is -0.632 e. The first-order valence-corrected chi connectivity index (χ1v) is 13.4. The van der Waals surface area contributed by atoms with Crippen molar-refractivity contribution in [2.24, 2.45) is 0 Å². The van der Waals surface area contributed by atoms with E-state index >= 15 is 0 Å². The number of carbonyl (C=O) groups is 2. The molecule has 0 aromatic heterocycles. The molecule has 0 saturated carbocycles. The van der Waals surface area contributed by atoms with Crippen molar-refractivity contribution in [2.45, 2.75) is 128 Å². The Kier molecular flexibility index (Phi) is 12.3. The van der Waals surface area contributed by atoms with Crippen molar-refractivity contribution in [3.05, 3.63) is 5.21 Å². The zero-order valence-corrected chi connectivity index (χ0v) is 21.1. The monoisotopic (exact) mass is 462 g/mol. The van der Waals surface area contributed by atoms with Gasteiger partial charge in [-0.3, -0.25) is 9.59 Å². The van der Waals surface area contributed by atoms with Gasteiger partial charge in [0.25, 0.3) is 0 Å². The van der Waals surface area contributed by atoms with E-state index in [9.17, 15) is 14.8 Å². The maximum Gasteiger partial charge on any atom is 0.306 e. The number of piperidine rings is 1. The van der Waals surface area contributed by atoms with Crippen molar-refractivity contribution >= 4 is 11.9 Å². The lowest BCUT2D eigenvalue weighted by molar-refractivity contribution is -0.927. The number of unbranched alkanes of at least 4 members (excludes halogenated alkanes) is 8. The van der Waals surface area contributed by atoms with Crippen LogP contribution in [0.2, 0.25) is 0 Å². The van der Waals surface area contributed by atoms with Crippen LogP contribution in [0.4, 0.5) is 0 Å². The number of ether oxygens (including phenoxy) is 1. The van der Waals surface area contributed by atoms with Gasteiger partial charge in [-0.1, -0.05) is 58.3 Å². The number of carbonyl (C=O) groups excluding carboxylic acids is 2. The minimum atomic E-state index is -0.605. The van der Waals surface area contributed by atoms with Crippen molar-refractivity contribution < 1.29 is 19.0 Å². The summed E-state index contributed by atoms with van der Waals surface area (Å²) < 4.78 is 5.31. The maximum absolute atomic E-state index is 13.8. The molecule has 0 bridgehead atoms. The van der Waals surface area contributed by atoms with Gasteiger partial charge in [-0.15, -0.1) is 6.42 Å². The molecule has 0 radical (unpaired) electrons. The van der Waals surface area contributed by atoms with E-state index in [2.05, 4.69) is 12.8 Å². The molecule has 2 rings (SSSR count). The standard InChI is InChI=1S/C27H46N2O4/c1-4-6-7-8-9-10-11-12-13-19-27(31)33-25(21-28-20-15-18-26(28)30)22-29(32)23(3)16-14-17-24(29)5-2/h2,23-25H,4,6-22H2,1,3H3/t23-,24?,25?,29?/m0/s1. The largest absolute Gasteiger partial charge is 0.632 e. The molecule has 2 saturated heterocycles. The van der Waals surface area contributed by atoms with E-state index < -0.39 is 16.8 Å². The predicted octanol–water partition coefficient (Wildman–Crippen LogP) is 5.33. The van der Waals surface area contributed by atoms with Gasteiger partial charge in [-0.25, -0.2) is 0 Å². The van der Waals surface area contributed by atoms with Gasteiger partial charge in [-0.05, 0) is 38.5 Å². The summed E-state index contributed by atoms with van der Waals surface area (Å²) in [4.78, 5) is 26.5. The smallest absolute Gasteiger partial charge is 0.306 e. The van der Waals surface area contributed by atoms with Crippen LogP contribution in [0.3, 0.4) is 0 Å². The molecule has 2 heterocycles. The maximum atomic E-state index is 13.8. The van der Waals surface area contributed by atoms with Crippen LogP contribution >= 0.6 is 0 Å². The van der Waals surface area contributed by atoms with Crippen LogP contribution in [0.15, 0.2) is 0 Å². The van der Waals surface area contributed by atoms with Crippen LogP contribution < -0.4 is 0 Å². The zero-order valence-electron chi connectivity index (χ0n) is 21.1. The normalized spacial score (nSPS) is 26.2.